The standard InChI is InChI=1S/C16H25NO/c1-6-9-17-14(5)15-7-8-16(13(4)10-15)18-11-12(2)3/h7-8,10,14,17H,2,6,9,11H2,1,3-5H3. The van der Waals surface area contributed by atoms with Crippen molar-refractivity contribution >= 4 is 0 Å². The summed E-state index contributed by atoms with van der Waals surface area (Å²) >= 11 is 0. The molecule has 0 spiro atoms. The molecule has 1 aromatic carbocycles. The zero-order valence-electron chi connectivity index (χ0n) is 12.0. The van der Waals surface area contributed by atoms with Gasteiger partial charge in [0.15, 0.2) is 0 Å². The maximum atomic E-state index is 5.69. The summed E-state index contributed by atoms with van der Waals surface area (Å²) in [4.78, 5) is 0. The molecule has 0 saturated heterocycles. The Morgan fingerprint density at radius 2 is 2.17 bits per heavy atom. The lowest BCUT2D eigenvalue weighted by atomic mass is 10.0. The van der Waals surface area contributed by atoms with Gasteiger partial charge in [-0.05, 0) is 56.5 Å². The second-order valence-electron chi connectivity index (χ2n) is 4.95. The quantitative estimate of drug-likeness (QED) is 0.735. The molecule has 1 atom stereocenters. The molecular formula is C16H25NO. The first kappa shape index (κ1) is 14.8. The third-order valence-corrected chi connectivity index (χ3v) is 2.87. The van der Waals surface area contributed by atoms with E-state index in [-0.39, 0.29) is 0 Å². The van der Waals surface area contributed by atoms with Gasteiger partial charge in [-0.3, -0.25) is 0 Å². The lowest BCUT2D eigenvalue weighted by Gasteiger charge is -2.16. The van der Waals surface area contributed by atoms with E-state index < -0.39 is 0 Å². The smallest absolute Gasteiger partial charge is 0.122 e. The molecule has 0 fully saturated rings. The number of hydrogen-bond donors (Lipinski definition) is 1. The SMILES string of the molecule is C=C(C)COc1ccc(C(C)NCCC)cc1C. The summed E-state index contributed by atoms with van der Waals surface area (Å²) in [5.74, 6) is 0.949. The van der Waals surface area contributed by atoms with Crippen molar-refractivity contribution in [2.45, 2.75) is 40.2 Å². The molecule has 0 aliphatic rings. The van der Waals surface area contributed by atoms with Gasteiger partial charge in [0.05, 0.1) is 0 Å². The fourth-order valence-electron chi connectivity index (χ4n) is 1.78. The fraction of sp³-hybridized carbons (Fsp3) is 0.500. The van der Waals surface area contributed by atoms with Crippen LogP contribution < -0.4 is 10.1 Å². The molecule has 1 N–H and O–H groups in total. The third kappa shape index (κ3) is 4.53. The van der Waals surface area contributed by atoms with Crippen LogP contribution in [0.2, 0.25) is 0 Å². The number of rotatable bonds is 7. The molecule has 2 heteroatoms. The van der Waals surface area contributed by atoms with E-state index in [1.807, 2.05) is 6.92 Å². The van der Waals surface area contributed by atoms with E-state index in [0.717, 1.165) is 24.3 Å². The second-order valence-corrected chi connectivity index (χ2v) is 4.95. The molecule has 0 amide bonds. The Kier molecular flexibility index (Phi) is 5.93. The Bertz CT molecular complexity index is 398. The highest BCUT2D eigenvalue weighted by atomic mass is 16.5. The Labute approximate surface area is 111 Å². The zero-order valence-corrected chi connectivity index (χ0v) is 12.0. The van der Waals surface area contributed by atoms with Crippen LogP contribution in [0, 0.1) is 6.92 Å². The van der Waals surface area contributed by atoms with Gasteiger partial charge in [-0.15, -0.1) is 0 Å². The Morgan fingerprint density at radius 1 is 1.44 bits per heavy atom. The van der Waals surface area contributed by atoms with Crippen molar-refractivity contribution in [2.24, 2.45) is 0 Å². The second kappa shape index (κ2) is 7.22. The summed E-state index contributed by atoms with van der Waals surface area (Å²) in [6, 6.07) is 6.77. The average molecular weight is 247 g/mol. The van der Waals surface area contributed by atoms with E-state index in [1.165, 1.54) is 11.1 Å². The van der Waals surface area contributed by atoms with Crippen LogP contribution in [0.1, 0.15) is 44.4 Å². The first-order valence-electron chi connectivity index (χ1n) is 6.65. The molecule has 0 saturated carbocycles. The number of nitrogens with one attached hydrogen (secondary N) is 1. The van der Waals surface area contributed by atoms with Crippen LogP contribution in [-0.2, 0) is 0 Å². The number of hydrogen-bond acceptors (Lipinski definition) is 2. The molecule has 1 unspecified atom stereocenters. The van der Waals surface area contributed by atoms with Crippen LogP contribution in [0.3, 0.4) is 0 Å². The van der Waals surface area contributed by atoms with Crippen LogP contribution in [-0.4, -0.2) is 13.2 Å². The van der Waals surface area contributed by atoms with Crippen LogP contribution in [0.5, 0.6) is 5.75 Å². The van der Waals surface area contributed by atoms with Gasteiger partial charge >= 0.3 is 0 Å². The van der Waals surface area contributed by atoms with Gasteiger partial charge < -0.3 is 10.1 Å². The molecule has 0 heterocycles. The Balaban J connectivity index is 2.69. The summed E-state index contributed by atoms with van der Waals surface area (Å²) in [5.41, 5.74) is 3.53. The maximum Gasteiger partial charge on any atom is 0.122 e. The van der Waals surface area contributed by atoms with Crippen molar-refractivity contribution in [3.63, 3.8) is 0 Å². The van der Waals surface area contributed by atoms with Crippen LogP contribution in [0.25, 0.3) is 0 Å². The minimum absolute atomic E-state index is 0.388. The molecule has 18 heavy (non-hydrogen) atoms. The number of aryl methyl sites for hydroxylation is 1. The molecule has 0 aliphatic heterocycles. The zero-order chi connectivity index (χ0) is 13.5. The van der Waals surface area contributed by atoms with E-state index in [9.17, 15) is 0 Å². The van der Waals surface area contributed by atoms with Crippen molar-refractivity contribution in [1.29, 1.82) is 0 Å². The number of benzene rings is 1. The van der Waals surface area contributed by atoms with Crippen LogP contribution >= 0.6 is 0 Å². The Hall–Kier alpha value is -1.28. The molecule has 0 radical (unpaired) electrons. The van der Waals surface area contributed by atoms with E-state index in [4.69, 9.17) is 4.74 Å². The summed E-state index contributed by atoms with van der Waals surface area (Å²) < 4.78 is 5.69. The van der Waals surface area contributed by atoms with Gasteiger partial charge in [-0.25, -0.2) is 0 Å². The molecule has 0 aromatic heterocycles. The van der Waals surface area contributed by atoms with Gasteiger partial charge in [-0.1, -0.05) is 25.6 Å². The molecular weight excluding hydrogens is 222 g/mol. The van der Waals surface area contributed by atoms with Gasteiger partial charge in [0.25, 0.3) is 0 Å². The van der Waals surface area contributed by atoms with E-state index >= 15 is 0 Å². The van der Waals surface area contributed by atoms with Crippen molar-refractivity contribution < 1.29 is 4.74 Å². The molecule has 0 bridgehead atoms. The minimum atomic E-state index is 0.388. The van der Waals surface area contributed by atoms with Gasteiger partial charge in [0.1, 0.15) is 12.4 Å². The highest BCUT2D eigenvalue weighted by Crippen LogP contribution is 2.23. The van der Waals surface area contributed by atoms with Crippen molar-refractivity contribution in [1.82, 2.24) is 5.32 Å². The van der Waals surface area contributed by atoms with Crippen LogP contribution in [0.15, 0.2) is 30.4 Å². The summed E-state index contributed by atoms with van der Waals surface area (Å²) in [7, 11) is 0. The first-order chi connectivity index (χ1) is 8.54. The average Bonchev–Trinajstić information content (AvgIpc) is 2.34. The molecule has 1 rings (SSSR count). The highest BCUT2D eigenvalue weighted by molar-refractivity contribution is 5.37. The molecule has 2 nitrogen and oxygen atoms in total. The fourth-order valence-corrected chi connectivity index (χ4v) is 1.78. The summed E-state index contributed by atoms with van der Waals surface area (Å²) in [5, 5.41) is 3.49. The van der Waals surface area contributed by atoms with Gasteiger partial charge in [0.2, 0.25) is 0 Å². The van der Waals surface area contributed by atoms with E-state index in [2.05, 4.69) is 50.9 Å². The third-order valence-electron chi connectivity index (χ3n) is 2.87. The van der Waals surface area contributed by atoms with Crippen molar-refractivity contribution in [3.8, 4) is 5.75 Å². The van der Waals surface area contributed by atoms with Crippen molar-refractivity contribution in [2.75, 3.05) is 13.2 Å². The molecule has 100 valence electrons. The molecule has 1 aromatic rings. The lowest BCUT2D eigenvalue weighted by molar-refractivity contribution is 0.350. The Morgan fingerprint density at radius 3 is 2.72 bits per heavy atom. The van der Waals surface area contributed by atoms with Crippen molar-refractivity contribution in [3.05, 3.63) is 41.5 Å². The number of ether oxygens (including phenoxy) is 1. The predicted octanol–water partition coefficient (Wildman–Crippen LogP) is 4.01. The predicted molar refractivity (Wildman–Crippen MR) is 78.2 cm³/mol. The van der Waals surface area contributed by atoms with Gasteiger partial charge in [0, 0.05) is 6.04 Å². The van der Waals surface area contributed by atoms with E-state index in [1.54, 1.807) is 0 Å². The monoisotopic (exact) mass is 247 g/mol. The topological polar surface area (TPSA) is 21.3 Å². The summed E-state index contributed by atoms with van der Waals surface area (Å²) in [6.45, 7) is 13.9. The normalized spacial score (nSPS) is 12.2. The van der Waals surface area contributed by atoms with Crippen LogP contribution in [0.4, 0.5) is 0 Å². The molecule has 0 aliphatic carbocycles. The van der Waals surface area contributed by atoms with E-state index in [0.29, 0.717) is 12.6 Å². The minimum Gasteiger partial charge on any atom is -0.489 e. The first-order valence-corrected chi connectivity index (χ1v) is 6.65. The van der Waals surface area contributed by atoms with Gasteiger partial charge in [-0.2, -0.15) is 0 Å². The largest absolute Gasteiger partial charge is 0.489 e. The highest BCUT2D eigenvalue weighted by Gasteiger charge is 2.07. The summed E-state index contributed by atoms with van der Waals surface area (Å²) in [6.07, 6.45) is 1.16. The lowest BCUT2D eigenvalue weighted by Crippen LogP contribution is -2.19. The maximum absolute atomic E-state index is 5.69.